The molecule has 0 spiro atoms. The molecule has 252 valence electrons. The highest BCUT2D eigenvalue weighted by Gasteiger charge is 2.44. The van der Waals surface area contributed by atoms with E-state index >= 15 is 0 Å². The normalized spacial score (nSPS) is 22.5. The molecule has 2 aliphatic carbocycles. The predicted molar refractivity (Wildman–Crippen MR) is 186 cm³/mol. The van der Waals surface area contributed by atoms with Crippen LogP contribution in [0.4, 0.5) is 0 Å². The van der Waals surface area contributed by atoms with Crippen molar-refractivity contribution in [3.05, 3.63) is 83.4 Å². The van der Waals surface area contributed by atoms with Crippen LogP contribution in [0.2, 0.25) is 5.02 Å². The van der Waals surface area contributed by atoms with E-state index in [1.807, 2.05) is 65.4 Å². The van der Waals surface area contributed by atoms with E-state index < -0.39 is 0 Å². The standard InChI is InChI=1S/C38H51ClN6O2/c1-43(25-30-8-4-2-5-9-30)36(46)31-14-18-34(19-15-31)42-35(24-29-12-16-33(39)17-13-29)37(47)44-22-20-38(21-23-44,26-45-28-40-27-41-45)32-10-6-3-7-11-32/h2,4-5,8-9,12-13,16-17,27-28,31-32,34-35,42H,3,6-7,10-11,14-15,18-26H2,1H3/t31-,34-,35-/m1/s1. The number of piperidine rings is 1. The van der Waals surface area contributed by atoms with Crippen LogP contribution in [-0.4, -0.2) is 68.6 Å². The van der Waals surface area contributed by atoms with E-state index in [2.05, 4.69) is 32.4 Å². The molecule has 3 fully saturated rings. The van der Waals surface area contributed by atoms with Crippen LogP contribution >= 0.6 is 11.6 Å². The summed E-state index contributed by atoms with van der Waals surface area (Å²) >= 11 is 6.20. The van der Waals surface area contributed by atoms with E-state index in [-0.39, 0.29) is 35.2 Å². The molecule has 47 heavy (non-hydrogen) atoms. The molecule has 8 nitrogen and oxygen atoms in total. The van der Waals surface area contributed by atoms with Crippen molar-refractivity contribution in [3.8, 4) is 0 Å². The smallest absolute Gasteiger partial charge is 0.240 e. The molecule has 9 heteroatoms. The summed E-state index contributed by atoms with van der Waals surface area (Å²) in [6, 6.07) is 17.9. The van der Waals surface area contributed by atoms with E-state index in [0.717, 1.165) is 69.3 Å². The second kappa shape index (κ2) is 15.8. The van der Waals surface area contributed by atoms with Gasteiger partial charge in [-0.2, -0.15) is 5.10 Å². The topological polar surface area (TPSA) is 83.4 Å². The Balaban J connectivity index is 1.09. The van der Waals surface area contributed by atoms with Crippen LogP contribution in [0.25, 0.3) is 0 Å². The number of hydrogen-bond donors (Lipinski definition) is 1. The first-order valence-electron chi connectivity index (χ1n) is 17.8. The zero-order chi connectivity index (χ0) is 32.6. The van der Waals surface area contributed by atoms with Crippen LogP contribution in [0.5, 0.6) is 0 Å². The molecule has 1 N–H and O–H groups in total. The highest BCUT2D eigenvalue weighted by molar-refractivity contribution is 6.30. The lowest BCUT2D eigenvalue weighted by atomic mass is 9.63. The number of aromatic nitrogens is 3. The first-order valence-corrected chi connectivity index (χ1v) is 18.2. The van der Waals surface area contributed by atoms with Crippen molar-refractivity contribution in [2.75, 3.05) is 20.1 Å². The number of carbonyl (C=O) groups excluding carboxylic acids is 2. The summed E-state index contributed by atoms with van der Waals surface area (Å²) in [5, 5.41) is 8.97. The molecule has 1 aliphatic heterocycles. The first kappa shape index (κ1) is 33.7. The minimum absolute atomic E-state index is 0.0344. The zero-order valence-corrected chi connectivity index (χ0v) is 28.7. The fraction of sp³-hybridized carbons (Fsp3) is 0.579. The van der Waals surface area contributed by atoms with E-state index in [0.29, 0.717) is 23.9 Å². The Kier molecular flexibility index (Phi) is 11.3. The van der Waals surface area contributed by atoms with Crippen LogP contribution < -0.4 is 5.32 Å². The third-order valence-corrected chi connectivity index (χ3v) is 11.5. The van der Waals surface area contributed by atoms with Crippen LogP contribution in [0.15, 0.2) is 67.3 Å². The quantitative estimate of drug-likeness (QED) is 0.253. The highest BCUT2D eigenvalue weighted by Crippen LogP contribution is 2.47. The molecule has 2 amide bonds. The monoisotopic (exact) mass is 658 g/mol. The van der Waals surface area contributed by atoms with Crippen molar-refractivity contribution < 1.29 is 9.59 Å². The van der Waals surface area contributed by atoms with Gasteiger partial charge in [0, 0.05) is 50.2 Å². The van der Waals surface area contributed by atoms with Crippen molar-refractivity contribution in [1.82, 2.24) is 29.9 Å². The minimum atomic E-state index is -0.313. The average Bonchev–Trinajstić information content (AvgIpc) is 3.62. The fourth-order valence-electron chi connectivity index (χ4n) is 8.55. The van der Waals surface area contributed by atoms with Crippen LogP contribution in [0, 0.1) is 17.3 Å². The SMILES string of the molecule is CN(Cc1ccccc1)C(=O)[C@H]1CC[C@H](N[C@H](Cc2ccc(Cl)cc2)C(=O)N2CCC(Cn3cncn3)(C3CCCCC3)CC2)CC1. The summed E-state index contributed by atoms with van der Waals surface area (Å²) in [6.07, 6.45) is 16.1. The Hall–Kier alpha value is -3.23. The summed E-state index contributed by atoms with van der Waals surface area (Å²) < 4.78 is 2.01. The maximum atomic E-state index is 14.3. The molecule has 0 bridgehead atoms. The predicted octanol–water partition coefficient (Wildman–Crippen LogP) is 6.54. The van der Waals surface area contributed by atoms with Gasteiger partial charge in [0.25, 0.3) is 0 Å². The van der Waals surface area contributed by atoms with E-state index in [4.69, 9.17) is 11.6 Å². The third-order valence-electron chi connectivity index (χ3n) is 11.3. The molecule has 2 heterocycles. The summed E-state index contributed by atoms with van der Waals surface area (Å²) in [7, 11) is 1.91. The molecule has 1 saturated heterocycles. The Labute approximate surface area is 285 Å². The van der Waals surface area contributed by atoms with Crippen molar-refractivity contribution in [2.45, 2.75) is 102 Å². The number of carbonyl (C=O) groups is 2. The molecule has 3 aliphatic rings. The lowest BCUT2D eigenvalue weighted by Gasteiger charge is -2.48. The van der Waals surface area contributed by atoms with Gasteiger partial charge in [-0.25, -0.2) is 4.98 Å². The molecule has 6 rings (SSSR count). The molecular formula is C38H51ClN6O2. The van der Waals surface area contributed by atoms with Gasteiger partial charge in [0.05, 0.1) is 6.04 Å². The van der Waals surface area contributed by atoms with Crippen LogP contribution in [0.3, 0.4) is 0 Å². The van der Waals surface area contributed by atoms with E-state index in [1.165, 1.54) is 32.1 Å². The number of nitrogens with zero attached hydrogens (tertiary/aromatic N) is 5. The first-order chi connectivity index (χ1) is 22.9. The maximum absolute atomic E-state index is 14.3. The highest BCUT2D eigenvalue weighted by atomic mass is 35.5. The third kappa shape index (κ3) is 8.63. The molecule has 0 radical (unpaired) electrons. The van der Waals surface area contributed by atoms with Gasteiger partial charge in [-0.15, -0.1) is 0 Å². The molecule has 2 saturated carbocycles. The Morgan fingerprint density at radius 3 is 2.30 bits per heavy atom. The lowest BCUT2D eigenvalue weighted by molar-refractivity contribution is -0.138. The number of hydrogen-bond acceptors (Lipinski definition) is 5. The van der Waals surface area contributed by atoms with Crippen LogP contribution in [0.1, 0.15) is 81.8 Å². The summed E-state index contributed by atoms with van der Waals surface area (Å²) in [6.45, 7) is 3.07. The molecule has 3 aromatic rings. The van der Waals surface area contributed by atoms with Crippen molar-refractivity contribution in [2.24, 2.45) is 17.3 Å². The Bertz CT molecular complexity index is 1410. The number of nitrogens with one attached hydrogen (secondary N) is 1. The van der Waals surface area contributed by atoms with Crippen molar-refractivity contribution >= 4 is 23.4 Å². The van der Waals surface area contributed by atoms with Crippen LogP contribution in [-0.2, 0) is 29.1 Å². The number of benzene rings is 2. The summed E-state index contributed by atoms with van der Waals surface area (Å²) in [4.78, 5) is 35.8. The minimum Gasteiger partial charge on any atom is -0.341 e. The van der Waals surface area contributed by atoms with Gasteiger partial charge in [-0.3, -0.25) is 14.3 Å². The van der Waals surface area contributed by atoms with Gasteiger partial charge in [-0.05, 0) is 92.4 Å². The molecule has 2 aromatic carbocycles. The fourth-order valence-corrected chi connectivity index (χ4v) is 8.68. The van der Waals surface area contributed by atoms with Crippen molar-refractivity contribution in [1.29, 1.82) is 0 Å². The average molecular weight is 659 g/mol. The van der Waals surface area contributed by atoms with Gasteiger partial charge in [0.15, 0.2) is 0 Å². The van der Waals surface area contributed by atoms with Gasteiger partial charge < -0.3 is 15.1 Å². The number of rotatable bonds is 11. The second-order valence-electron chi connectivity index (χ2n) is 14.4. The molecule has 1 atom stereocenters. The summed E-state index contributed by atoms with van der Waals surface area (Å²) in [5.41, 5.74) is 2.41. The second-order valence-corrected chi connectivity index (χ2v) is 14.8. The number of amides is 2. The van der Waals surface area contributed by atoms with E-state index in [9.17, 15) is 9.59 Å². The van der Waals surface area contributed by atoms with Gasteiger partial charge in [0.1, 0.15) is 12.7 Å². The van der Waals surface area contributed by atoms with Gasteiger partial charge in [0.2, 0.25) is 11.8 Å². The maximum Gasteiger partial charge on any atom is 0.240 e. The molecular weight excluding hydrogens is 608 g/mol. The number of likely N-dealkylation sites (tertiary alicyclic amines) is 1. The van der Waals surface area contributed by atoms with Gasteiger partial charge in [-0.1, -0.05) is 73.3 Å². The Morgan fingerprint density at radius 1 is 0.936 bits per heavy atom. The Morgan fingerprint density at radius 2 is 1.64 bits per heavy atom. The lowest BCUT2D eigenvalue weighted by Crippen LogP contribution is -2.55. The molecule has 1 aromatic heterocycles. The molecule has 0 unspecified atom stereocenters. The largest absolute Gasteiger partial charge is 0.341 e. The number of halogens is 1. The van der Waals surface area contributed by atoms with Gasteiger partial charge >= 0.3 is 0 Å². The van der Waals surface area contributed by atoms with E-state index in [1.54, 1.807) is 6.33 Å². The zero-order valence-electron chi connectivity index (χ0n) is 27.9. The van der Waals surface area contributed by atoms with Crippen molar-refractivity contribution in [3.63, 3.8) is 0 Å². The summed E-state index contributed by atoms with van der Waals surface area (Å²) in [5.74, 6) is 1.12.